The first-order chi connectivity index (χ1) is 13.1. The zero-order chi connectivity index (χ0) is 18.4. The number of fused-ring (bicyclic) bond motifs is 6. The zero-order valence-corrected chi connectivity index (χ0v) is 14.5. The predicted octanol–water partition coefficient (Wildman–Crippen LogP) is 1.57. The molecule has 0 atom stereocenters. The van der Waals surface area contributed by atoms with E-state index in [1.807, 2.05) is 24.3 Å². The van der Waals surface area contributed by atoms with Crippen LogP contribution in [-0.4, -0.2) is 28.7 Å². The topological polar surface area (TPSA) is 87.1 Å². The monoisotopic (exact) mass is 356 g/mol. The fourth-order valence-electron chi connectivity index (χ4n) is 3.94. The molecule has 27 heavy (non-hydrogen) atoms. The van der Waals surface area contributed by atoms with Gasteiger partial charge in [-0.2, -0.15) is 14.6 Å². The van der Waals surface area contributed by atoms with Crippen LogP contribution >= 0.6 is 0 Å². The van der Waals surface area contributed by atoms with Crippen LogP contribution < -0.4 is 11.2 Å². The summed E-state index contributed by atoms with van der Waals surface area (Å²) in [6.07, 6.45) is 0. The molecule has 8 heteroatoms. The fourth-order valence-corrected chi connectivity index (χ4v) is 3.94. The van der Waals surface area contributed by atoms with Crippen molar-refractivity contribution in [1.29, 1.82) is 0 Å². The van der Waals surface area contributed by atoms with E-state index in [2.05, 4.69) is 17.1 Å². The van der Waals surface area contributed by atoms with Crippen LogP contribution in [0.25, 0.3) is 49.5 Å². The third kappa shape index (κ3) is 1.56. The van der Waals surface area contributed by atoms with Gasteiger partial charge in [0, 0.05) is 30.3 Å². The molecule has 0 saturated heterocycles. The highest BCUT2D eigenvalue weighted by Crippen LogP contribution is 2.36. The van der Waals surface area contributed by atoms with Crippen LogP contribution in [-0.2, 0) is 14.1 Å². The van der Waals surface area contributed by atoms with Crippen LogP contribution in [0.4, 0.5) is 0 Å². The highest BCUT2D eigenvalue weighted by atomic mass is 16.2. The van der Waals surface area contributed by atoms with Gasteiger partial charge in [-0.05, 0) is 5.39 Å². The van der Waals surface area contributed by atoms with Crippen molar-refractivity contribution in [2.45, 2.75) is 0 Å². The lowest BCUT2D eigenvalue weighted by Crippen LogP contribution is -2.37. The lowest BCUT2D eigenvalue weighted by Gasteiger charge is -2.01. The van der Waals surface area contributed by atoms with Crippen molar-refractivity contribution >= 4 is 49.5 Å². The zero-order valence-electron chi connectivity index (χ0n) is 14.5. The fraction of sp³-hybridized carbons (Fsp3) is 0.105. The van der Waals surface area contributed by atoms with E-state index in [4.69, 9.17) is 10.1 Å². The van der Waals surface area contributed by atoms with Crippen LogP contribution in [0.15, 0.2) is 46.0 Å². The highest BCUT2D eigenvalue weighted by Gasteiger charge is 2.20. The molecule has 0 aliphatic carbocycles. The Morgan fingerprint density at radius 1 is 0.852 bits per heavy atom. The summed E-state index contributed by atoms with van der Waals surface area (Å²) >= 11 is 0. The first-order valence-electron chi connectivity index (χ1n) is 8.45. The second-order valence-corrected chi connectivity index (χ2v) is 6.72. The van der Waals surface area contributed by atoms with Crippen LogP contribution in [0.5, 0.6) is 0 Å². The average Bonchev–Trinajstić information content (AvgIpc) is 3.21. The van der Waals surface area contributed by atoms with Crippen molar-refractivity contribution in [2.75, 3.05) is 0 Å². The van der Waals surface area contributed by atoms with Crippen LogP contribution in [0.2, 0.25) is 0 Å². The SMILES string of the molecule is Cn1c(=O)c2c(nc3nc4c5cccc6cccc(c4nn32)c65)n(C)c1=O. The van der Waals surface area contributed by atoms with E-state index < -0.39 is 11.2 Å². The molecule has 0 aliphatic rings. The van der Waals surface area contributed by atoms with Gasteiger partial charge in [-0.1, -0.05) is 36.4 Å². The molecule has 0 saturated carbocycles. The van der Waals surface area contributed by atoms with Gasteiger partial charge >= 0.3 is 5.69 Å². The minimum absolute atomic E-state index is 0.244. The normalized spacial score (nSPS) is 12.4. The van der Waals surface area contributed by atoms with Gasteiger partial charge in [0.1, 0.15) is 11.0 Å². The standard InChI is InChI=1S/C19H12N6O2/c1-23-16-15(17(26)24(2)19(23)27)25-18(21-16)20-13-10-7-3-5-9-6-4-8-11(12(9)10)14(13)22-25/h3-8H,1-2H3. The Morgan fingerprint density at radius 3 is 2.30 bits per heavy atom. The van der Waals surface area contributed by atoms with Gasteiger partial charge in [0.25, 0.3) is 11.3 Å². The smallest absolute Gasteiger partial charge is 0.279 e. The molecule has 6 rings (SSSR count). The number of hydrogen-bond acceptors (Lipinski definition) is 5. The Kier molecular flexibility index (Phi) is 2.38. The van der Waals surface area contributed by atoms with E-state index in [-0.39, 0.29) is 11.2 Å². The molecule has 6 aromatic rings. The number of aryl methyl sites for hydroxylation is 1. The molecule has 0 N–H and O–H groups in total. The Labute approximate surface area is 150 Å². The Bertz CT molecular complexity index is 1680. The van der Waals surface area contributed by atoms with Crippen LogP contribution in [0.1, 0.15) is 0 Å². The maximum absolute atomic E-state index is 12.7. The number of benzene rings is 2. The van der Waals surface area contributed by atoms with Crippen molar-refractivity contribution < 1.29 is 0 Å². The van der Waals surface area contributed by atoms with Gasteiger partial charge in [0.05, 0.1) is 0 Å². The van der Waals surface area contributed by atoms with E-state index in [0.717, 1.165) is 31.6 Å². The number of aromatic nitrogens is 6. The largest absolute Gasteiger partial charge is 0.332 e. The van der Waals surface area contributed by atoms with Crippen molar-refractivity contribution in [2.24, 2.45) is 14.1 Å². The second-order valence-electron chi connectivity index (χ2n) is 6.72. The maximum Gasteiger partial charge on any atom is 0.332 e. The van der Waals surface area contributed by atoms with E-state index >= 15 is 0 Å². The van der Waals surface area contributed by atoms with Crippen LogP contribution in [0.3, 0.4) is 0 Å². The van der Waals surface area contributed by atoms with Crippen molar-refractivity contribution in [3.8, 4) is 0 Å². The molecule has 0 radical (unpaired) electrons. The molecule has 130 valence electrons. The summed E-state index contributed by atoms with van der Waals surface area (Å²) in [5.74, 6) is 0.298. The number of rotatable bonds is 0. The summed E-state index contributed by atoms with van der Waals surface area (Å²) in [5, 5.41) is 8.92. The van der Waals surface area contributed by atoms with Gasteiger partial charge in [-0.25, -0.2) is 9.78 Å². The number of nitrogens with zero attached hydrogens (tertiary/aromatic N) is 6. The third-order valence-corrected chi connectivity index (χ3v) is 5.27. The molecule has 3 heterocycles. The average molecular weight is 356 g/mol. The van der Waals surface area contributed by atoms with Crippen molar-refractivity contribution in [1.82, 2.24) is 28.7 Å². The van der Waals surface area contributed by atoms with E-state index in [9.17, 15) is 9.59 Å². The number of hydrogen-bond donors (Lipinski definition) is 0. The minimum Gasteiger partial charge on any atom is -0.279 e. The maximum atomic E-state index is 12.7. The van der Waals surface area contributed by atoms with Gasteiger partial charge in [0.2, 0.25) is 0 Å². The summed E-state index contributed by atoms with van der Waals surface area (Å²) in [4.78, 5) is 34.0. The lowest BCUT2D eigenvalue weighted by atomic mass is 10.1. The summed E-state index contributed by atoms with van der Waals surface area (Å²) < 4.78 is 3.84. The van der Waals surface area contributed by atoms with Gasteiger partial charge in [-0.3, -0.25) is 13.9 Å². The van der Waals surface area contributed by atoms with Crippen molar-refractivity contribution in [3.05, 3.63) is 57.2 Å². The van der Waals surface area contributed by atoms with E-state index in [1.165, 1.54) is 16.1 Å². The molecule has 0 spiro atoms. The molecule has 0 fully saturated rings. The molecule has 0 bridgehead atoms. The first-order valence-corrected chi connectivity index (χ1v) is 8.45. The van der Waals surface area contributed by atoms with E-state index in [0.29, 0.717) is 11.3 Å². The Morgan fingerprint density at radius 2 is 1.56 bits per heavy atom. The second kappa shape index (κ2) is 4.47. The van der Waals surface area contributed by atoms with Gasteiger partial charge in [0.15, 0.2) is 11.2 Å². The highest BCUT2D eigenvalue weighted by molar-refractivity contribution is 6.27. The molecule has 0 unspecified atom stereocenters. The third-order valence-electron chi connectivity index (χ3n) is 5.27. The summed E-state index contributed by atoms with van der Waals surface area (Å²) in [7, 11) is 3.03. The quantitative estimate of drug-likeness (QED) is 0.412. The van der Waals surface area contributed by atoms with E-state index in [1.54, 1.807) is 7.05 Å². The van der Waals surface area contributed by atoms with Crippen molar-refractivity contribution in [3.63, 3.8) is 0 Å². The minimum atomic E-state index is -0.441. The first kappa shape index (κ1) is 14.4. The Balaban J connectivity index is 1.95. The summed E-state index contributed by atoms with van der Waals surface area (Å²) in [6.45, 7) is 0. The van der Waals surface area contributed by atoms with Gasteiger partial charge < -0.3 is 0 Å². The molecular weight excluding hydrogens is 344 g/mol. The molecular formula is C19H12N6O2. The van der Waals surface area contributed by atoms with Crippen LogP contribution in [0, 0.1) is 0 Å². The molecule has 0 aliphatic heterocycles. The predicted molar refractivity (Wildman–Crippen MR) is 102 cm³/mol. The molecule has 3 aromatic heterocycles. The van der Waals surface area contributed by atoms with Gasteiger partial charge in [-0.15, -0.1) is 0 Å². The molecule has 8 nitrogen and oxygen atoms in total. The molecule has 0 amide bonds. The summed E-state index contributed by atoms with van der Waals surface area (Å²) in [6, 6.07) is 12.1. The lowest BCUT2D eigenvalue weighted by molar-refractivity contribution is 0.706. The number of imidazole rings is 1. The molecule has 3 aromatic carbocycles. The summed E-state index contributed by atoms with van der Waals surface area (Å²) in [5.41, 5.74) is 1.10. The Hall–Kier alpha value is -3.81.